The van der Waals surface area contributed by atoms with Crippen LogP contribution in [-0.2, 0) is 6.54 Å². The maximum atomic E-state index is 5.95. The molecule has 2 nitrogen and oxygen atoms in total. The van der Waals surface area contributed by atoms with Crippen LogP contribution in [0, 0.1) is 0 Å². The fourth-order valence-corrected chi connectivity index (χ4v) is 3.97. The molecule has 4 rings (SSSR count). The molecular weight excluding hydrogens is 208 g/mol. The number of hydrogen-bond donors (Lipinski definition) is 0. The topological polar surface area (TPSA) is 16.1 Å². The minimum atomic E-state index is 0.642. The second kappa shape index (κ2) is 2.74. The van der Waals surface area contributed by atoms with Crippen molar-refractivity contribution in [2.45, 2.75) is 43.8 Å². The van der Waals surface area contributed by atoms with Crippen LogP contribution in [0.3, 0.4) is 0 Å². The van der Waals surface area contributed by atoms with E-state index in [9.17, 15) is 0 Å². The van der Waals surface area contributed by atoms with Crippen molar-refractivity contribution >= 4 is 11.6 Å². The summed E-state index contributed by atoms with van der Waals surface area (Å²) < 4.78 is 0. The van der Waals surface area contributed by atoms with Gasteiger partial charge in [0.1, 0.15) is 5.15 Å². The molecule has 4 heterocycles. The molecule has 0 aromatic carbocycles. The minimum Gasteiger partial charge on any atom is -0.291 e. The lowest BCUT2D eigenvalue weighted by molar-refractivity contribution is 0.223. The third-order valence-electron chi connectivity index (χ3n) is 4.39. The Morgan fingerprint density at radius 1 is 1.33 bits per heavy atom. The van der Waals surface area contributed by atoms with Gasteiger partial charge >= 0.3 is 0 Å². The van der Waals surface area contributed by atoms with Crippen molar-refractivity contribution in [2.24, 2.45) is 0 Å². The van der Waals surface area contributed by atoms with E-state index >= 15 is 0 Å². The first-order valence-corrected chi connectivity index (χ1v) is 6.12. The summed E-state index contributed by atoms with van der Waals surface area (Å²) in [6, 6.07) is 5.79. The highest BCUT2D eigenvalue weighted by atomic mass is 35.5. The number of fused-ring (bicyclic) bond motifs is 2. The molecule has 78 valence electrons. The highest BCUT2D eigenvalue weighted by Gasteiger charge is 2.50. The van der Waals surface area contributed by atoms with Gasteiger partial charge in [-0.15, -0.1) is 0 Å². The molecule has 3 heteroatoms. The number of pyridine rings is 1. The van der Waals surface area contributed by atoms with Crippen molar-refractivity contribution in [1.29, 1.82) is 0 Å². The van der Waals surface area contributed by atoms with Crippen molar-refractivity contribution in [1.82, 2.24) is 9.88 Å². The van der Waals surface area contributed by atoms with Gasteiger partial charge in [0.05, 0.1) is 5.69 Å². The second-order valence-corrected chi connectivity index (χ2v) is 5.37. The Morgan fingerprint density at radius 2 is 2.27 bits per heavy atom. The molecule has 4 atom stereocenters. The zero-order valence-electron chi connectivity index (χ0n) is 8.49. The summed E-state index contributed by atoms with van der Waals surface area (Å²) in [6.07, 6.45) is 4.13. The van der Waals surface area contributed by atoms with E-state index in [4.69, 9.17) is 11.6 Å². The summed E-state index contributed by atoms with van der Waals surface area (Å²) >= 11 is 5.95. The van der Waals surface area contributed by atoms with E-state index < -0.39 is 0 Å². The Balaban J connectivity index is 1.87. The highest BCUT2D eigenvalue weighted by Crippen LogP contribution is 2.51. The smallest absolute Gasteiger partial charge is 0.129 e. The van der Waals surface area contributed by atoms with Gasteiger partial charge in [0.2, 0.25) is 0 Å². The molecule has 2 unspecified atom stereocenters. The van der Waals surface area contributed by atoms with Crippen LogP contribution >= 0.6 is 11.6 Å². The summed E-state index contributed by atoms with van der Waals surface area (Å²) in [7, 11) is 0. The summed E-state index contributed by atoms with van der Waals surface area (Å²) in [5.74, 6) is 0.747. The zero-order chi connectivity index (χ0) is 9.99. The molecule has 3 aliphatic heterocycles. The Morgan fingerprint density at radius 3 is 3.20 bits per heavy atom. The van der Waals surface area contributed by atoms with Crippen LogP contribution in [0.25, 0.3) is 0 Å². The van der Waals surface area contributed by atoms with Gasteiger partial charge in [-0.2, -0.15) is 0 Å². The number of aromatic nitrogens is 1. The predicted octanol–water partition coefficient (Wildman–Crippen LogP) is 2.57. The lowest BCUT2D eigenvalue weighted by atomic mass is 9.82. The molecule has 1 aromatic rings. The van der Waals surface area contributed by atoms with Crippen molar-refractivity contribution in [2.75, 3.05) is 0 Å². The molecule has 3 aliphatic rings. The van der Waals surface area contributed by atoms with Gasteiger partial charge in [-0.25, -0.2) is 4.98 Å². The molecule has 0 aliphatic carbocycles. The molecule has 15 heavy (non-hydrogen) atoms. The summed E-state index contributed by atoms with van der Waals surface area (Å²) in [5, 5.41) is 0.642. The first-order valence-electron chi connectivity index (χ1n) is 5.74. The largest absolute Gasteiger partial charge is 0.291 e. The third kappa shape index (κ3) is 1.02. The lowest BCUT2D eigenvalue weighted by Crippen LogP contribution is -2.34. The minimum absolute atomic E-state index is 0.642. The Hall–Kier alpha value is -0.600. The fourth-order valence-electron chi connectivity index (χ4n) is 3.80. The lowest BCUT2D eigenvalue weighted by Gasteiger charge is -2.31. The maximum Gasteiger partial charge on any atom is 0.129 e. The SMILES string of the molecule is Clc1ccc2c(n1)CN1[C@@H]3CC[C@@H]1C2C3. The van der Waals surface area contributed by atoms with Crippen molar-refractivity contribution < 1.29 is 0 Å². The van der Waals surface area contributed by atoms with Crippen LogP contribution in [0.4, 0.5) is 0 Å². The van der Waals surface area contributed by atoms with E-state index in [1.807, 2.05) is 6.07 Å². The third-order valence-corrected chi connectivity index (χ3v) is 4.60. The molecule has 2 fully saturated rings. The quantitative estimate of drug-likeness (QED) is 0.625. The van der Waals surface area contributed by atoms with Gasteiger partial charge in [0, 0.05) is 24.5 Å². The van der Waals surface area contributed by atoms with E-state index in [2.05, 4.69) is 16.0 Å². The van der Waals surface area contributed by atoms with Gasteiger partial charge in [0.15, 0.2) is 0 Å². The van der Waals surface area contributed by atoms with Crippen LogP contribution in [0.1, 0.15) is 36.4 Å². The van der Waals surface area contributed by atoms with E-state index in [-0.39, 0.29) is 0 Å². The second-order valence-electron chi connectivity index (χ2n) is 4.98. The molecule has 2 saturated heterocycles. The number of halogens is 1. The van der Waals surface area contributed by atoms with E-state index in [1.165, 1.54) is 30.5 Å². The number of nitrogens with zero attached hydrogens (tertiary/aromatic N) is 2. The van der Waals surface area contributed by atoms with E-state index in [0.717, 1.165) is 24.5 Å². The van der Waals surface area contributed by atoms with Crippen LogP contribution in [-0.4, -0.2) is 22.0 Å². The highest BCUT2D eigenvalue weighted by molar-refractivity contribution is 6.29. The maximum absolute atomic E-state index is 5.95. The molecule has 1 aromatic heterocycles. The summed E-state index contributed by atoms with van der Waals surface area (Å²) in [6.45, 7) is 1.03. The first kappa shape index (κ1) is 8.54. The van der Waals surface area contributed by atoms with Crippen molar-refractivity contribution in [3.05, 3.63) is 28.5 Å². The van der Waals surface area contributed by atoms with Crippen molar-refractivity contribution in [3.63, 3.8) is 0 Å². The predicted molar refractivity (Wildman–Crippen MR) is 59.0 cm³/mol. The average Bonchev–Trinajstić information content (AvgIpc) is 2.73. The average molecular weight is 221 g/mol. The van der Waals surface area contributed by atoms with Gasteiger partial charge in [0.25, 0.3) is 0 Å². The Labute approximate surface area is 94.3 Å². The molecule has 0 amide bonds. The van der Waals surface area contributed by atoms with Gasteiger partial charge in [-0.3, -0.25) is 4.90 Å². The first-order chi connectivity index (χ1) is 7.33. The molecule has 0 saturated carbocycles. The Kier molecular flexibility index (Phi) is 1.56. The number of hydrogen-bond acceptors (Lipinski definition) is 2. The zero-order valence-corrected chi connectivity index (χ0v) is 9.24. The molecular formula is C12H13ClN2. The molecule has 0 N–H and O–H groups in total. The summed E-state index contributed by atoms with van der Waals surface area (Å²) in [4.78, 5) is 7.12. The standard InChI is InChI=1S/C12H13ClN2/c13-12-4-2-8-9-5-7-1-3-11(9)15(7)6-10(8)14-12/h2,4,7,9,11H,1,3,5-6H2/t7-,9?,11-/m1/s1. The van der Waals surface area contributed by atoms with E-state index in [0.29, 0.717) is 5.15 Å². The van der Waals surface area contributed by atoms with Crippen LogP contribution < -0.4 is 0 Å². The normalized spacial score (nSPS) is 40.6. The fraction of sp³-hybridized carbons (Fsp3) is 0.583. The van der Waals surface area contributed by atoms with Gasteiger partial charge in [-0.1, -0.05) is 17.7 Å². The molecule has 4 bridgehead atoms. The van der Waals surface area contributed by atoms with Crippen LogP contribution in [0.2, 0.25) is 5.15 Å². The van der Waals surface area contributed by atoms with Crippen LogP contribution in [0.15, 0.2) is 12.1 Å². The molecule has 0 spiro atoms. The van der Waals surface area contributed by atoms with Gasteiger partial charge < -0.3 is 0 Å². The van der Waals surface area contributed by atoms with E-state index in [1.54, 1.807) is 0 Å². The van der Waals surface area contributed by atoms with Crippen LogP contribution in [0.5, 0.6) is 0 Å². The van der Waals surface area contributed by atoms with Gasteiger partial charge in [-0.05, 0) is 30.9 Å². The van der Waals surface area contributed by atoms with Crippen molar-refractivity contribution in [3.8, 4) is 0 Å². The molecule has 0 radical (unpaired) electrons. The monoisotopic (exact) mass is 220 g/mol. The Bertz CT molecular complexity index is 432. The summed E-state index contributed by atoms with van der Waals surface area (Å²) in [5.41, 5.74) is 2.70. The number of rotatable bonds is 0.